The number of hydrogen-bond acceptors (Lipinski definition) is 2. The van der Waals surface area contributed by atoms with Crippen LogP contribution >= 0.6 is 0 Å². The number of aryl methyl sites for hydroxylation is 1. The Morgan fingerprint density at radius 3 is 2.90 bits per heavy atom. The number of hydrogen-bond donors (Lipinski definition) is 1. The van der Waals surface area contributed by atoms with Crippen molar-refractivity contribution in [2.75, 3.05) is 6.54 Å². The average molecular weight is 277 g/mol. The molecule has 3 rings (SSSR count). The van der Waals surface area contributed by atoms with Crippen LogP contribution in [0.1, 0.15) is 30.6 Å². The summed E-state index contributed by atoms with van der Waals surface area (Å²) < 4.78 is 28.6. The first-order valence-corrected chi connectivity index (χ1v) is 6.96. The third-order valence-electron chi connectivity index (χ3n) is 3.59. The van der Waals surface area contributed by atoms with Crippen molar-refractivity contribution in [2.45, 2.75) is 32.7 Å². The molecule has 2 aromatic rings. The van der Waals surface area contributed by atoms with Gasteiger partial charge in [0.05, 0.1) is 11.4 Å². The minimum Gasteiger partial charge on any atom is -0.311 e. The fourth-order valence-electron chi connectivity index (χ4n) is 2.69. The van der Waals surface area contributed by atoms with Gasteiger partial charge in [-0.2, -0.15) is 0 Å². The van der Waals surface area contributed by atoms with Gasteiger partial charge in [0.1, 0.15) is 5.82 Å². The number of nitrogens with zero attached hydrogens (tertiary/aromatic N) is 2. The molecular weight excluding hydrogens is 260 g/mol. The smallest absolute Gasteiger partial charge is 0.160 e. The Kier molecular flexibility index (Phi) is 3.53. The number of halogens is 2. The predicted molar refractivity (Wildman–Crippen MR) is 72.9 cm³/mol. The van der Waals surface area contributed by atoms with Gasteiger partial charge in [0.25, 0.3) is 0 Å². The molecule has 1 aromatic carbocycles. The second-order valence-electron chi connectivity index (χ2n) is 5.03. The fraction of sp³-hybridized carbons (Fsp3) is 0.400. The van der Waals surface area contributed by atoms with Crippen LogP contribution in [-0.4, -0.2) is 16.1 Å². The molecule has 0 saturated carbocycles. The van der Waals surface area contributed by atoms with Crippen molar-refractivity contribution in [3.63, 3.8) is 0 Å². The number of nitrogens with one attached hydrogen (secondary N) is 1. The molecule has 2 heterocycles. The minimum atomic E-state index is -0.818. The van der Waals surface area contributed by atoms with Crippen LogP contribution in [0.15, 0.2) is 18.2 Å². The van der Waals surface area contributed by atoms with Gasteiger partial charge in [-0.1, -0.05) is 6.92 Å². The van der Waals surface area contributed by atoms with E-state index in [-0.39, 0.29) is 0 Å². The minimum absolute atomic E-state index is 0.656. The molecule has 0 spiro atoms. The maximum atomic E-state index is 13.5. The summed E-state index contributed by atoms with van der Waals surface area (Å²) in [5.41, 5.74) is 2.78. The molecule has 0 aliphatic carbocycles. The highest BCUT2D eigenvalue weighted by Crippen LogP contribution is 2.23. The zero-order chi connectivity index (χ0) is 14.1. The average Bonchev–Trinajstić information content (AvgIpc) is 2.80. The third-order valence-corrected chi connectivity index (χ3v) is 3.59. The van der Waals surface area contributed by atoms with E-state index in [4.69, 9.17) is 0 Å². The van der Waals surface area contributed by atoms with E-state index in [1.165, 1.54) is 12.1 Å². The highest BCUT2D eigenvalue weighted by molar-refractivity contribution is 5.39. The topological polar surface area (TPSA) is 29.9 Å². The monoisotopic (exact) mass is 277 g/mol. The Morgan fingerprint density at radius 1 is 1.30 bits per heavy atom. The molecule has 5 heteroatoms. The summed E-state index contributed by atoms with van der Waals surface area (Å²) in [5.74, 6) is -0.713. The van der Waals surface area contributed by atoms with Crippen molar-refractivity contribution in [1.82, 2.24) is 14.9 Å². The van der Waals surface area contributed by atoms with Gasteiger partial charge in [-0.15, -0.1) is 0 Å². The van der Waals surface area contributed by atoms with Crippen molar-refractivity contribution in [3.8, 4) is 5.69 Å². The fourth-order valence-corrected chi connectivity index (χ4v) is 2.69. The van der Waals surface area contributed by atoms with E-state index in [0.29, 0.717) is 5.69 Å². The van der Waals surface area contributed by atoms with Crippen LogP contribution < -0.4 is 5.32 Å². The summed E-state index contributed by atoms with van der Waals surface area (Å²) in [4.78, 5) is 4.65. The van der Waals surface area contributed by atoms with Gasteiger partial charge in [0.15, 0.2) is 11.6 Å². The number of benzene rings is 1. The standard InChI is InChI=1S/C15H17F2N3/c1-2-3-15-19-13-9-18-7-6-14(13)20(15)10-4-5-11(16)12(17)8-10/h4-5,8,18H,2-3,6-7,9H2,1H3. The van der Waals surface area contributed by atoms with Gasteiger partial charge in [-0.3, -0.25) is 0 Å². The zero-order valence-corrected chi connectivity index (χ0v) is 11.4. The highest BCUT2D eigenvalue weighted by atomic mass is 19.2. The molecule has 0 radical (unpaired) electrons. The molecule has 20 heavy (non-hydrogen) atoms. The Bertz CT molecular complexity index is 634. The van der Waals surface area contributed by atoms with Gasteiger partial charge < -0.3 is 9.88 Å². The van der Waals surface area contributed by atoms with Gasteiger partial charge in [-0.05, 0) is 18.6 Å². The summed E-state index contributed by atoms with van der Waals surface area (Å²) in [6, 6.07) is 4.04. The SMILES string of the molecule is CCCc1nc2c(n1-c1ccc(F)c(F)c1)CCNC2. The van der Waals surface area contributed by atoms with E-state index in [0.717, 1.165) is 49.6 Å². The van der Waals surface area contributed by atoms with Crippen LogP contribution in [0.2, 0.25) is 0 Å². The van der Waals surface area contributed by atoms with Crippen LogP contribution in [-0.2, 0) is 19.4 Å². The van der Waals surface area contributed by atoms with E-state index in [1.807, 2.05) is 4.57 Å². The highest BCUT2D eigenvalue weighted by Gasteiger charge is 2.20. The first kappa shape index (κ1) is 13.2. The van der Waals surface area contributed by atoms with Gasteiger partial charge in [0, 0.05) is 37.7 Å². The largest absolute Gasteiger partial charge is 0.311 e. The summed E-state index contributed by atoms with van der Waals surface area (Å²) in [7, 11) is 0. The van der Waals surface area contributed by atoms with Crippen LogP contribution in [0.5, 0.6) is 0 Å². The van der Waals surface area contributed by atoms with E-state index >= 15 is 0 Å². The van der Waals surface area contributed by atoms with Crippen molar-refractivity contribution < 1.29 is 8.78 Å². The number of aromatic nitrogens is 2. The van der Waals surface area contributed by atoms with Crippen LogP contribution in [0.25, 0.3) is 5.69 Å². The Balaban J connectivity index is 2.14. The van der Waals surface area contributed by atoms with Crippen molar-refractivity contribution in [2.24, 2.45) is 0 Å². The first-order chi connectivity index (χ1) is 9.70. The van der Waals surface area contributed by atoms with Crippen molar-refractivity contribution >= 4 is 0 Å². The molecule has 1 aromatic heterocycles. The van der Waals surface area contributed by atoms with Crippen LogP contribution in [0, 0.1) is 11.6 Å². The van der Waals surface area contributed by atoms with E-state index in [9.17, 15) is 8.78 Å². The summed E-state index contributed by atoms with van der Waals surface area (Å²) >= 11 is 0. The number of imidazole rings is 1. The lowest BCUT2D eigenvalue weighted by molar-refractivity contribution is 0.507. The molecule has 0 saturated heterocycles. The Labute approximate surface area is 116 Å². The molecule has 0 bridgehead atoms. The molecule has 0 fully saturated rings. The van der Waals surface area contributed by atoms with Gasteiger partial charge in [0.2, 0.25) is 0 Å². The molecule has 106 valence electrons. The Hall–Kier alpha value is -1.75. The van der Waals surface area contributed by atoms with E-state index in [1.54, 1.807) is 6.07 Å². The quantitative estimate of drug-likeness (QED) is 0.935. The second kappa shape index (κ2) is 5.32. The van der Waals surface area contributed by atoms with Crippen LogP contribution in [0.3, 0.4) is 0 Å². The van der Waals surface area contributed by atoms with E-state index in [2.05, 4.69) is 17.2 Å². The normalized spacial score (nSPS) is 14.3. The third kappa shape index (κ3) is 2.22. The maximum absolute atomic E-state index is 13.5. The Morgan fingerprint density at radius 2 is 2.15 bits per heavy atom. The number of fused-ring (bicyclic) bond motifs is 1. The van der Waals surface area contributed by atoms with Crippen molar-refractivity contribution in [3.05, 3.63) is 47.0 Å². The molecule has 1 aliphatic heterocycles. The predicted octanol–water partition coefficient (Wildman–Crippen LogP) is 2.75. The number of rotatable bonds is 3. The lowest BCUT2D eigenvalue weighted by Gasteiger charge is -2.16. The molecule has 0 unspecified atom stereocenters. The van der Waals surface area contributed by atoms with Crippen LogP contribution in [0.4, 0.5) is 8.78 Å². The first-order valence-electron chi connectivity index (χ1n) is 6.96. The van der Waals surface area contributed by atoms with E-state index < -0.39 is 11.6 Å². The second-order valence-corrected chi connectivity index (χ2v) is 5.03. The molecule has 3 nitrogen and oxygen atoms in total. The zero-order valence-electron chi connectivity index (χ0n) is 11.4. The molecule has 1 N–H and O–H groups in total. The van der Waals surface area contributed by atoms with Gasteiger partial charge in [-0.25, -0.2) is 13.8 Å². The molecular formula is C15H17F2N3. The molecule has 1 aliphatic rings. The molecule has 0 amide bonds. The van der Waals surface area contributed by atoms with Crippen molar-refractivity contribution in [1.29, 1.82) is 0 Å². The lowest BCUT2D eigenvalue weighted by atomic mass is 10.1. The summed E-state index contributed by atoms with van der Waals surface area (Å²) in [6.07, 6.45) is 2.64. The maximum Gasteiger partial charge on any atom is 0.160 e. The lowest BCUT2D eigenvalue weighted by Crippen LogP contribution is -2.24. The summed E-state index contributed by atoms with van der Waals surface area (Å²) in [5, 5.41) is 3.29. The molecule has 0 atom stereocenters. The summed E-state index contributed by atoms with van der Waals surface area (Å²) in [6.45, 7) is 3.71. The van der Waals surface area contributed by atoms with Gasteiger partial charge >= 0.3 is 0 Å².